The molecule has 0 aromatic carbocycles. The van der Waals surface area contributed by atoms with E-state index in [1.165, 1.54) is 0 Å². The number of amides is 1. The van der Waals surface area contributed by atoms with Gasteiger partial charge in [0.25, 0.3) is 5.91 Å². The molecule has 0 unspecified atom stereocenters. The summed E-state index contributed by atoms with van der Waals surface area (Å²) in [6, 6.07) is 5.69. The molecule has 0 fully saturated rings. The van der Waals surface area contributed by atoms with Crippen molar-refractivity contribution >= 4 is 5.91 Å². The van der Waals surface area contributed by atoms with Gasteiger partial charge in [0.1, 0.15) is 5.69 Å². The molecule has 0 atom stereocenters. The minimum Gasteiger partial charge on any atom is -0.395 e. The van der Waals surface area contributed by atoms with Crippen LogP contribution in [0.4, 0.5) is 0 Å². The third-order valence-electron chi connectivity index (χ3n) is 3.38. The number of aliphatic hydroxyl groups excluding tert-OH is 1. The van der Waals surface area contributed by atoms with Gasteiger partial charge in [-0.15, -0.1) is 0 Å². The van der Waals surface area contributed by atoms with Crippen molar-refractivity contribution in [1.82, 2.24) is 15.3 Å². The number of nitrogens with one attached hydrogen (secondary N) is 1. The van der Waals surface area contributed by atoms with E-state index < -0.39 is 5.91 Å². The number of rotatable bonds is 8. The van der Waals surface area contributed by atoms with Gasteiger partial charge in [0.05, 0.1) is 12.3 Å². The van der Waals surface area contributed by atoms with Crippen molar-refractivity contribution in [2.75, 3.05) is 13.2 Å². The topological polar surface area (TPSA) is 91.5 Å². The summed E-state index contributed by atoms with van der Waals surface area (Å²) in [5.41, 5.74) is 3.18. The summed E-state index contributed by atoms with van der Waals surface area (Å²) in [5, 5.41) is 9.19. The number of aliphatic hydroxyl groups is 1. The van der Waals surface area contributed by atoms with Gasteiger partial charge in [-0.25, -0.2) is 10.8 Å². The predicted molar refractivity (Wildman–Crippen MR) is 77.8 cm³/mol. The van der Waals surface area contributed by atoms with Gasteiger partial charge in [-0.2, -0.15) is 0 Å². The van der Waals surface area contributed by atoms with Crippen LogP contribution < -0.4 is 11.3 Å². The SMILES string of the molecule is CCC(CC)N(CCO)Cc1cccc(C(=O)NN)n1. The van der Waals surface area contributed by atoms with E-state index in [1.54, 1.807) is 12.1 Å². The van der Waals surface area contributed by atoms with E-state index in [-0.39, 0.29) is 6.61 Å². The number of aromatic nitrogens is 1. The van der Waals surface area contributed by atoms with Crippen LogP contribution >= 0.6 is 0 Å². The molecule has 0 radical (unpaired) electrons. The fourth-order valence-electron chi connectivity index (χ4n) is 2.30. The van der Waals surface area contributed by atoms with E-state index in [0.717, 1.165) is 18.5 Å². The maximum absolute atomic E-state index is 11.5. The highest BCUT2D eigenvalue weighted by atomic mass is 16.3. The minimum atomic E-state index is -0.400. The third kappa shape index (κ3) is 4.56. The van der Waals surface area contributed by atoms with Crippen molar-refractivity contribution in [1.29, 1.82) is 0 Å². The average Bonchev–Trinajstić information content (AvgIpc) is 2.48. The molecule has 112 valence electrons. The largest absolute Gasteiger partial charge is 0.395 e. The van der Waals surface area contributed by atoms with E-state index in [9.17, 15) is 9.90 Å². The van der Waals surface area contributed by atoms with E-state index >= 15 is 0 Å². The summed E-state index contributed by atoms with van der Waals surface area (Å²) < 4.78 is 0. The van der Waals surface area contributed by atoms with Gasteiger partial charge in [-0.3, -0.25) is 15.1 Å². The first-order chi connectivity index (χ1) is 9.65. The number of hydrazine groups is 1. The highest BCUT2D eigenvalue weighted by Crippen LogP contribution is 2.12. The zero-order valence-electron chi connectivity index (χ0n) is 12.2. The number of hydrogen-bond acceptors (Lipinski definition) is 5. The molecule has 1 rings (SSSR count). The van der Waals surface area contributed by atoms with Gasteiger partial charge in [0.15, 0.2) is 0 Å². The molecule has 1 amide bonds. The third-order valence-corrected chi connectivity index (χ3v) is 3.38. The Balaban J connectivity index is 2.85. The van der Waals surface area contributed by atoms with Gasteiger partial charge in [-0.1, -0.05) is 19.9 Å². The van der Waals surface area contributed by atoms with Crippen LogP contribution in [0.3, 0.4) is 0 Å². The molecular formula is C14H24N4O2. The maximum atomic E-state index is 11.5. The van der Waals surface area contributed by atoms with Crippen molar-refractivity contribution < 1.29 is 9.90 Å². The summed E-state index contributed by atoms with van der Waals surface area (Å²) in [6.45, 7) is 5.58. The minimum absolute atomic E-state index is 0.111. The first-order valence-electron chi connectivity index (χ1n) is 6.98. The van der Waals surface area contributed by atoms with Crippen LogP contribution in [0.1, 0.15) is 42.9 Å². The first kappa shape index (κ1) is 16.6. The normalized spacial score (nSPS) is 11.1. The van der Waals surface area contributed by atoms with Gasteiger partial charge >= 0.3 is 0 Å². The van der Waals surface area contributed by atoms with Crippen LogP contribution in [0.5, 0.6) is 0 Å². The van der Waals surface area contributed by atoms with Crippen LogP contribution in [-0.4, -0.2) is 40.1 Å². The monoisotopic (exact) mass is 280 g/mol. The second-order valence-electron chi connectivity index (χ2n) is 4.65. The molecule has 0 aliphatic carbocycles. The Bertz CT molecular complexity index is 421. The number of carbonyl (C=O) groups is 1. The van der Waals surface area contributed by atoms with E-state index in [1.807, 2.05) is 6.07 Å². The summed E-state index contributed by atoms with van der Waals surface area (Å²) in [7, 11) is 0. The number of nitrogens with zero attached hydrogens (tertiary/aromatic N) is 2. The highest BCUT2D eigenvalue weighted by Gasteiger charge is 2.16. The zero-order valence-corrected chi connectivity index (χ0v) is 12.2. The van der Waals surface area contributed by atoms with Crippen molar-refractivity contribution in [2.24, 2.45) is 5.84 Å². The molecule has 0 aliphatic rings. The number of nitrogens with two attached hydrogens (primary N) is 1. The lowest BCUT2D eigenvalue weighted by atomic mass is 10.1. The Morgan fingerprint density at radius 2 is 2.15 bits per heavy atom. The second kappa shape index (κ2) is 8.63. The standard InChI is InChI=1S/C14H24N4O2/c1-3-12(4-2)18(8-9-19)10-11-6-5-7-13(16-11)14(20)17-15/h5-7,12,19H,3-4,8-10,15H2,1-2H3,(H,17,20). The number of hydrogen-bond donors (Lipinski definition) is 3. The van der Waals surface area contributed by atoms with Gasteiger partial charge in [0.2, 0.25) is 0 Å². The number of pyridine rings is 1. The van der Waals surface area contributed by atoms with Crippen LogP contribution in [0.15, 0.2) is 18.2 Å². The predicted octanol–water partition coefficient (Wildman–Crippen LogP) is 0.668. The Hall–Kier alpha value is -1.50. The molecule has 1 aromatic heterocycles. The van der Waals surface area contributed by atoms with Gasteiger partial charge in [-0.05, 0) is 25.0 Å². The van der Waals surface area contributed by atoms with Crippen molar-refractivity contribution in [3.05, 3.63) is 29.6 Å². The highest BCUT2D eigenvalue weighted by molar-refractivity contribution is 5.91. The van der Waals surface area contributed by atoms with Crippen LogP contribution in [0, 0.1) is 0 Å². The Labute approximate surface area is 120 Å². The fraction of sp³-hybridized carbons (Fsp3) is 0.571. The Kier molecular flexibility index (Phi) is 7.14. The van der Waals surface area contributed by atoms with Crippen molar-refractivity contribution in [2.45, 2.75) is 39.3 Å². The molecule has 0 aliphatic heterocycles. The van der Waals surface area contributed by atoms with E-state index in [2.05, 4.69) is 29.2 Å². The molecule has 0 saturated heterocycles. The number of carbonyl (C=O) groups excluding carboxylic acids is 1. The fourth-order valence-corrected chi connectivity index (χ4v) is 2.30. The van der Waals surface area contributed by atoms with Crippen LogP contribution in [0.2, 0.25) is 0 Å². The number of nitrogen functional groups attached to an aromatic ring is 1. The van der Waals surface area contributed by atoms with E-state index in [4.69, 9.17) is 5.84 Å². The Morgan fingerprint density at radius 3 is 2.70 bits per heavy atom. The smallest absolute Gasteiger partial charge is 0.283 e. The van der Waals surface area contributed by atoms with Gasteiger partial charge < -0.3 is 5.11 Å². The van der Waals surface area contributed by atoms with Gasteiger partial charge in [0, 0.05) is 19.1 Å². The quantitative estimate of drug-likeness (QED) is 0.370. The average molecular weight is 280 g/mol. The van der Waals surface area contributed by atoms with Crippen LogP contribution in [-0.2, 0) is 6.54 Å². The maximum Gasteiger partial charge on any atom is 0.283 e. The molecule has 1 heterocycles. The molecule has 1 aromatic rings. The second-order valence-corrected chi connectivity index (χ2v) is 4.65. The first-order valence-corrected chi connectivity index (χ1v) is 6.98. The summed E-state index contributed by atoms with van der Waals surface area (Å²) in [6.07, 6.45) is 2.03. The lowest BCUT2D eigenvalue weighted by molar-refractivity contribution is 0.0947. The molecule has 0 saturated carbocycles. The zero-order chi connectivity index (χ0) is 15.0. The van der Waals surface area contributed by atoms with Crippen molar-refractivity contribution in [3.63, 3.8) is 0 Å². The molecular weight excluding hydrogens is 256 g/mol. The van der Waals surface area contributed by atoms with Crippen molar-refractivity contribution in [3.8, 4) is 0 Å². The van der Waals surface area contributed by atoms with Crippen LogP contribution in [0.25, 0.3) is 0 Å². The molecule has 6 heteroatoms. The summed E-state index contributed by atoms with van der Waals surface area (Å²) >= 11 is 0. The molecule has 4 N–H and O–H groups in total. The molecule has 20 heavy (non-hydrogen) atoms. The lowest BCUT2D eigenvalue weighted by Gasteiger charge is -2.29. The molecule has 0 bridgehead atoms. The molecule has 6 nitrogen and oxygen atoms in total. The van der Waals surface area contributed by atoms with E-state index in [0.29, 0.717) is 24.8 Å². The lowest BCUT2D eigenvalue weighted by Crippen LogP contribution is -2.36. The Morgan fingerprint density at radius 1 is 1.45 bits per heavy atom. The molecule has 0 spiro atoms. The summed E-state index contributed by atoms with van der Waals surface area (Å²) in [4.78, 5) is 18.0. The summed E-state index contributed by atoms with van der Waals surface area (Å²) in [5.74, 6) is 4.71.